The molecule has 1 saturated carbocycles. The lowest BCUT2D eigenvalue weighted by Gasteiger charge is -2.10. The van der Waals surface area contributed by atoms with Gasteiger partial charge in [-0.2, -0.15) is 0 Å². The first-order valence-electron chi connectivity index (χ1n) is 7.25. The minimum absolute atomic E-state index is 0.0290. The number of rotatable bonds is 5. The van der Waals surface area contributed by atoms with E-state index in [0.717, 1.165) is 18.4 Å². The van der Waals surface area contributed by atoms with Gasteiger partial charge in [0.2, 0.25) is 11.9 Å². The summed E-state index contributed by atoms with van der Waals surface area (Å²) >= 11 is 0. The summed E-state index contributed by atoms with van der Waals surface area (Å²) in [7, 11) is 0. The summed E-state index contributed by atoms with van der Waals surface area (Å²) in [4.78, 5) is 16.3. The van der Waals surface area contributed by atoms with Gasteiger partial charge in [-0.15, -0.1) is 0 Å². The van der Waals surface area contributed by atoms with E-state index in [4.69, 9.17) is 10.5 Å². The molecule has 112 valence electrons. The zero-order valence-electron chi connectivity index (χ0n) is 12.3. The number of nitrogens with zero attached hydrogens (tertiary/aromatic N) is 2. The lowest BCUT2D eigenvalue weighted by Crippen LogP contribution is -2.29. The number of hydrogen-bond donors (Lipinski definition) is 2. The summed E-state index contributed by atoms with van der Waals surface area (Å²) in [6, 6.07) is 5.99. The molecule has 21 heavy (non-hydrogen) atoms. The fourth-order valence-corrected chi connectivity index (χ4v) is 2.30. The molecule has 1 fully saturated rings. The van der Waals surface area contributed by atoms with E-state index in [-0.39, 0.29) is 18.6 Å². The maximum absolute atomic E-state index is 12.0. The topological polar surface area (TPSA) is 82.2 Å². The van der Waals surface area contributed by atoms with Crippen molar-refractivity contribution >= 4 is 22.9 Å². The van der Waals surface area contributed by atoms with Gasteiger partial charge >= 0.3 is 0 Å². The summed E-state index contributed by atoms with van der Waals surface area (Å²) in [5.41, 5.74) is 7.48. The van der Waals surface area contributed by atoms with Gasteiger partial charge in [0.1, 0.15) is 17.8 Å². The minimum Gasteiger partial charge on any atom is -0.489 e. The van der Waals surface area contributed by atoms with Crippen LogP contribution in [-0.2, 0) is 11.3 Å². The molecule has 6 nitrogen and oxygen atoms in total. The Morgan fingerprint density at radius 1 is 1.52 bits per heavy atom. The number of benzene rings is 1. The Morgan fingerprint density at radius 3 is 2.95 bits per heavy atom. The van der Waals surface area contributed by atoms with E-state index in [0.29, 0.717) is 23.3 Å². The van der Waals surface area contributed by atoms with Gasteiger partial charge < -0.3 is 20.4 Å². The molecule has 0 spiro atoms. The standard InChI is InChI=1S/C15H20N4O2/c1-9(2)21-12-5-3-4-11-14(12)18-15(16)19(11)8-13(20)17-10-6-7-10/h3-5,9-10H,6-8H2,1-2H3,(H2,16,18)(H,17,20). The van der Waals surface area contributed by atoms with Crippen LogP contribution >= 0.6 is 0 Å². The molecule has 0 atom stereocenters. The van der Waals surface area contributed by atoms with Gasteiger partial charge in [0, 0.05) is 6.04 Å². The van der Waals surface area contributed by atoms with Crippen molar-refractivity contribution in [1.82, 2.24) is 14.9 Å². The lowest BCUT2D eigenvalue weighted by atomic mass is 10.3. The molecule has 2 aromatic rings. The van der Waals surface area contributed by atoms with E-state index < -0.39 is 0 Å². The van der Waals surface area contributed by atoms with Crippen molar-refractivity contribution in [2.75, 3.05) is 5.73 Å². The molecule has 1 amide bonds. The number of imidazole rings is 1. The molecule has 3 N–H and O–H groups in total. The molecule has 0 unspecified atom stereocenters. The maximum Gasteiger partial charge on any atom is 0.240 e. The number of para-hydroxylation sites is 1. The van der Waals surface area contributed by atoms with Crippen molar-refractivity contribution in [3.05, 3.63) is 18.2 Å². The number of carbonyl (C=O) groups excluding carboxylic acids is 1. The van der Waals surface area contributed by atoms with E-state index in [2.05, 4.69) is 10.3 Å². The van der Waals surface area contributed by atoms with Gasteiger partial charge in [-0.05, 0) is 38.8 Å². The number of nitrogens with two attached hydrogens (primary N) is 1. The van der Waals surface area contributed by atoms with Gasteiger partial charge in [0.05, 0.1) is 11.6 Å². The number of nitrogens with one attached hydrogen (secondary N) is 1. The van der Waals surface area contributed by atoms with Crippen LogP contribution in [-0.4, -0.2) is 27.6 Å². The molecule has 1 aromatic heterocycles. The largest absolute Gasteiger partial charge is 0.489 e. The van der Waals surface area contributed by atoms with Crippen molar-refractivity contribution in [3.63, 3.8) is 0 Å². The number of amides is 1. The molecular weight excluding hydrogens is 268 g/mol. The molecule has 6 heteroatoms. The van der Waals surface area contributed by atoms with Crippen molar-refractivity contribution in [1.29, 1.82) is 0 Å². The SMILES string of the molecule is CC(C)Oc1cccc2c1nc(N)n2CC(=O)NC1CC1. The molecule has 0 saturated heterocycles. The van der Waals surface area contributed by atoms with Gasteiger partial charge in [0.15, 0.2) is 0 Å². The average Bonchev–Trinajstić information content (AvgIpc) is 3.15. The fraction of sp³-hybridized carbons (Fsp3) is 0.467. The van der Waals surface area contributed by atoms with Crippen molar-refractivity contribution in [2.45, 2.75) is 45.4 Å². The predicted octanol–water partition coefficient (Wildman–Crippen LogP) is 1.68. The first-order valence-corrected chi connectivity index (χ1v) is 7.25. The number of hydrogen-bond acceptors (Lipinski definition) is 4. The summed E-state index contributed by atoms with van der Waals surface area (Å²) in [6.45, 7) is 4.11. The summed E-state index contributed by atoms with van der Waals surface area (Å²) < 4.78 is 7.47. The van der Waals surface area contributed by atoms with E-state index in [9.17, 15) is 4.79 Å². The number of nitrogen functional groups attached to an aromatic ring is 1. The Hall–Kier alpha value is -2.24. The first kappa shape index (κ1) is 13.7. The molecule has 3 rings (SSSR count). The van der Waals surface area contributed by atoms with Gasteiger partial charge in [0.25, 0.3) is 0 Å². The van der Waals surface area contributed by atoms with E-state index in [1.807, 2.05) is 32.0 Å². The van der Waals surface area contributed by atoms with Crippen LogP contribution in [0, 0.1) is 0 Å². The summed E-state index contributed by atoms with van der Waals surface area (Å²) in [6.07, 6.45) is 2.19. The normalized spacial score (nSPS) is 14.6. The molecule has 1 aliphatic rings. The second kappa shape index (κ2) is 5.27. The Balaban J connectivity index is 1.91. The first-order chi connectivity index (χ1) is 10.0. The Kier molecular flexibility index (Phi) is 3.45. The fourth-order valence-electron chi connectivity index (χ4n) is 2.30. The Bertz CT molecular complexity index is 674. The average molecular weight is 288 g/mol. The second-order valence-electron chi connectivity index (χ2n) is 5.69. The third kappa shape index (κ3) is 2.94. The maximum atomic E-state index is 12.0. The van der Waals surface area contributed by atoms with Crippen molar-refractivity contribution in [2.24, 2.45) is 0 Å². The van der Waals surface area contributed by atoms with Crippen molar-refractivity contribution < 1.29 is 9.53 Å². The smallest absolute Gasteiger partial charge is 0.240 e. The zero-order chi connectivity index (χ0) is 15.0. The monoisotopic (exact) mass is 288 g/mol. The Labute approximate surface area is 123 Å². The van der Waals surface area contributed by atoms with Crippen LogP contribution in [0.3, 0.4) is 0 Å². The summed E-state index contributed by atoms with van der Waals surface area (Å²) in [5, 5.41) is 2.96. The molecule has 0 aliphatic heterocycles. The van der Waals surface area contributed by atoms with Gasteiger partial charge in [-0.25, -0.2) is 4.98 Å². The number of ether oxygens (including phenoxy) is 1. The predicted molar refractivity (Wildman–Crippen MR) is 81.1 cm³/mol. The third-order valence-corrected chi connectivity index (χ3v) is 3.38. The molecule has 1 heterocycles. The molecule has 1 aromatic carbocycles. The van der Waals surface area contributed by atoms with Crippen LogP contribution in [0.1, 0.15) is 26.7 Å². The van der Waals surface area contributed by atoms with Crippen LogP contribution in [0.4, 0.5) is 5.95 Å². The highest BCUT2D eigenvalue weighted by molar-refractivity contribution is 5.86. The van der Waals surface area contributed by atoms with Gasteiger partial charge in [-0.1, -0.05) is 6.07 Å². The molecule has 1 aliphatic carbocycles. The van der Waals surface area contributed by atoms with Crippen LogP contribution < -0.4 is 15.8 Å². The number of carbonyl (C=O) groups is 1. The second-order valence-corrected chi connectivity index (χ2v) is 5.69. The number of fused-ring (bicyclic) bond motifs is 1. The highest BCUT2D eigenvalue weighted by Crippen LogP contribution is 2.28. The van der Waals surface area contributed by atoms with Crippen LogP contribution in [0.25, 0.3) is 11.0 Å². The molecule has 0 radical (unpaired) electrons. The summed E-state index contributed by atoms with van der Waals surface area (Å²) in [5.74, 6) is 0.991. The van der Waals surface area contributed by atoms with Crippen LogP contribution in [0.5, 0.6) is 5.75 Å². The quantitative estimate of drug-likeness (QED) is 0.877. The highest BCUT2D eigenvalue weighted by atomic mass is 16.5. The van der Waals surface area contributed by atoms with Crippen LogP contribution in [0.15, 0.2) is 18.2 Å². The third-order valence-electron chi connectivity index (χ3n) is 3.38. The zero-order valence-corrected chi connectivity index (χ0v) is 12.3. The minimum atomic E-state index is -0.0290. The van der Waals surface area contributed by atoms with E-state index >= 15 is 0 Å². The Morgan fingerprint density at radius 2 is 2.29 bits per heavy atom. The lowest BCUT2D eigenvalue weighted by molar-refractivity contribution is -0.121. The highest BCUT2D eigenvalue weighted by Gasteiger charge is 2.24. The number of aromatic nitrogens is 2. The molecular formula is C15H20N4O2. The van der Waals surface area contributed by atoms with E-state index in [1.54, 1.807) is 4.57 Å². The van der Waals surface area contributed by atoms with Crippen molar-refractivity contribution in [3.8, 4) is 5.75 Å². The van der Waals surface area contributed by atoms with E-state index in [1.165, 1.54) is 0 Å². The van der Waals surface area contributed by atoms with Gasteiger partial charge in [-0.3, -0.25) is 4.79 Å². The molecule has 0 bridgehead atoms. The number of anilines is 1. The van der Waals surface area contributed by atoms with Crippen LogP contribution in [0.2, 0.25) is 0 Å².